The Kier molecular flexibility index (Phi) is 6.68. The van der Waals surface area contributed by atoms with E-state index in [1.807, 2.05) is 13.8 Å². The Balaban J connectivity index is 2.91. The molecule has 1 rings (SSSR count). The fraction of sp³-hybridized carbons (Fsp3) is 0.500. The highest BCUT2D eigenvalue weighted by molar-refractivity contribution is 6.31. The van der Waals surface area contributed by atoms with Crippen LogP contribution in [0.15, 0.2) is 18.2 Å². The molecule has 0 atom stereocenters. The van der Waals surface area contributed by atoms with E-state index in [4.69, 9.17) is 21.4 Å². The number of aliphatic carboxylic acids is 1. The van der Waals surface area contributed by atoms with Crippen LogP contribution in [0, 0.1) is 0 Å². The Labute approximate surface area is 135 Å². The van der Waals surface area contributed by atoms with E-state index in [1.165, 1.54) is 7.11 Å². The molecule has 0 saturated carbocycles. The summed E-state index contributed by atoms with van der Waals surface area (Å²) in [6.45, 7) is 3.73. The van der Waals surface area contributed by atoms with Crippen molar-refractivity contribution < 1.29 is 19.4 Å². The minimum Gasteiger partial charge on any atom is -0.496 e. The van der Waals surface area contributed by atoms with E-state index in [0.29, 0.717) is 29.2 Å². The molecule has 22 heavy (non-hydrogen) atoms. The summed E-state index contributed by atoms with van der Waals surface area (Å²) in [5.41, 5.74) is -0.141. The number of methoxy groups -OCH3 is 1. The van der Waals surface area contributed by atoms with Gasteiger partial charge in [0.05, 0.1) is 20.0 Å². The van der Waals surface area contributed by atoms with Gasteiger partial charge in [-0.2, -0.15) is 0 Å². The predicted octanol–water partition coefficient (Wildman–Crippen LogP) is 3.04. The molecular formula is C16H22ClNO4. The van der Waals surface area contributed by atoms with Crippen molar-refractivity contribution in [1.29, 1.82) is 0 Å². The lowest BCUT2D eigenvalue weighted by Crippen LogP contribution is -2.49. The summed E-state index contributed by atoms with van der Waals surface area (Å²) in [7, 11) is 1.51. The fourth-order valence-corrected chi connectivity index (χ4v) is 2.65. The second-order valence-electron chi connectivity index (χ2n) is 5.20. The quantitative estimate of drug-likeness (QED) is 0.769. The highest BCUT2D eigenvalue weighted by atomic mass is 35.5. The van der Waals surface area contributed by atoms with E-state index in [-0.39, 0.29) is 18.7 Å². The zero-order valence-corrected chi connectivity index (χ0v) is 13.9. The van der Waals surface area contributed by atoms with Gasteiger partial charge in [0, 0.05) is 16.1 Å². The van der Waals surface area contributed by atoms with Crippen molar-refractivity contribution in [3.8, 4) is 5.75 Å². The lowest BCUT2D eigenvalue weighted by molar-refractivity contribution is -0.139. The first-order valence-electron chi connectivity index (χ1n) is 7.21. The molecule has 122 valence electrons. The number of carboxylic acids is 1. The zero-order valence-electron chi connectivity index (χ0n) is 13.1. The van der Waals surface area contributed by atoms with E-state index >= 15 is 0 Å². The van der Waals surface area contributed by atoms with Crippen LogP contribution in [0.5, 0.6) is 5.75 Å². The molecule has 5 nitrogen and oxygen atoms in total. The van der Waals surface area contributed by atoms with Gasteiger partial charge in [-0.15, -0.1) is 0 Å². The maximum atomic E-state index is 12.3. The maximum Gasteiger partial charge on any atom is 0.305 e. The summed E-state index contributed by atoms with van der Waals surface area (Å²) in [6, 6.07) is 5.17. The number of carboxylic acid groups (broad SMARTS) is 1. The van der Waals surface area contributed by atoms with Crippen LogP contribution in [0.1, 0.15) is 38.7 Å². The molecule has 0 bridgehead atoms. The van der Waals surface area contributed by atoms with Gasteiger partial charge in [-0.1, -0.05) is 31.5 Å². The summed E-state index contributed by atoms with van der Waals surface area (Å²) in [6.07, 6.45) is 1.03. The monoisotopic (exact) mass is 327 g/mol. The number of amides is 1. The van der Waals surface area contributed by atoms with Crippen molar-refractivity contribution in [2.45, 2.75) is 45.1 Å². The van der Waals surface area contributed by atoms with Gasteiger partial charge in [0.25, 0.3) is 0 Å². The molecule has 0 spiro atoms. The van der Waals surface area contributed by atoms with Gasteiger partial charge in [0.2, 0.25) is 5.91 Å². The van der Waals surface area contributed by atoms with Gasteiger partial charge < -0.3 is 15.2 Å². The molecule has 0 aliphatic heterocycles. The van der Waals surface area contributed by atoms with E-state index in [1.54, 1.807) is 18.2 Å². The molecule has 6 heteroatoms. The summed E-state index contributed by atoms with van der Waals surface area (Å²) >= 11 is 6.12. The van der Waals surface area contributed by atoms with Crippen molar-refractivity contribution in [1.82, 2.24) is 5.32 Å². The van der Waals surface area contributed by atoms with Crippen LogP contribution in [0.3, 0.4) is 0 Å². The molecule has 0 aliphatic rings. The molecule has 0 fully saturated rings. The molecule has 0 heterocycles. The normalized spacial score (nSPS) is 11.1. The van der Waals surface area contributed by atoms with Crippen LogP contribution in [0.2, 0.25) is 5.02 Å². The summed E-state index contributed by atoms with van der Waals surface area (Å²) < 4.78 is 5.22. The van der Waals surface area contributed by atoms with Crippen molar-refractivity contribution in [3.63, 3.8) is 0 Å². The summed E-state index contributed by atoms with van der Waals surface area (Å²) in [4.78, 5) is 23.4. The first-order chi connectivity index (χ1) is 10.4. The van der Waals surface area contributed by atoms with Gasteiger partial charge in [0.1, 0.15) is 5.75 Å². The van der Waals surface area contributed by atoms with Gasteiger partial charge in [-0.25, -0.2) is 0 Å². The number of hydrogen-bond acceptors (Lipinski definition) is 3. The number of hydrogen-bond donors (Lipinski definition) is 2. The van der Waals surface area contributed by atoms with Gasteiger partial charge in [0.15, 0.2) is 0 Å². The molecular weight excluding hydrogens is 306 g/mol. The molecule has 0 radical (unpaired) electrons. The van der Waals surface area contributed by atoms with Crippen LogP contribution in [0.4, 0.5) is 0 Å². The largest absolute Gasteiger partial charge is 0.496 e. The fourth-order valence-electron chi connectivity index (χ4n) is 2.41. The van der Waals surface area contributed by atoms with Crippen LogP contribution in [-0.2, 0) is 16.0 Å². The minimum atomic E-state index is -0.931. The van der Waals surface area contributed by atoms with Crippen molar-refractivity contribution in [3.05, 3.63) is 28.8 Å². The van der Waals surface area contributed by atoms with Crippen LogP contribution in [0.25, 0.3) is 0 Å². The number of rotatable bonds is 8. The Morgan fingerprint density at radius 1 is 1.32 bits per heavy atom. The number of carbonyl (C=O) groups excluding carboxylic acids is 1. The van der Waals surface area contributed by atoms with Gasteiger partial charge >= 0.3 is 5.97 Å². The Hall–Kier alpha value is -1.75. The van der Waals surface area contributed by atoms with Gasteiger partial charge in [-0.05, 0) is 25.0 Å². The number of carbonyl (C=O) groups is 2. The Morgan fingerprint density at radius 2 is 1.95 bits per heavy atom. The second kappa shape index (κ2) is 8.03. The molecule has 2 N–H and O–H groups in total. The molecule has 0 aromatic heterocycles. The van der Waals surface area contributed by atoms with Crippen molar-refractivity contribution >= 4 is 23.5 Å². The molecule has 0 unspecified atom stereocenters. The highest BCUT2D eigenvalue weighted by Crippen LogP contribution is 2.27. The second-order valence-corrected chi connectivity index (χ2v) is 5.61. The third-order valence-electron chi connectivity index (χ3n) is 3.88. The smallest absolute Gasteiger partial charge is 0.305 e. The number of benzene rings is 1. The van der Waals surface area contributed by atoms with E-state index in [9.17, 15) is 9.59 Å². The average molecular weight is 328 g/mol. The average Bonchev–Trinajstić information content (AvgIpc) is 2.48. The zero-order chi connectivity index (χ0) is 16.8. The topological polar surface area (TPSA) is 75.6 Å². The third kappa shape index (κ3) is 4.63. The van der Waals surface area contributed by atoms with E-state index in [2.05, 4.69) is 5.32 Å². The molecule has 0 aliphatic carbocycles. The SMILES string of the molecule is CCC(CC)(CC(=O)O)NC(=O)Cc1c(Cl)cccc1OC. The van der Waals surface area contributed by atoms with Crippen molar-refractivity contribution in [2.24, 2.45) is 0 Å². The van der Waals surface area contributed by atoms with Crippen LogP contribution < -0.4 is 10.1 Å². The third-order valence-corrected chi connectivity index (χ3v) is 4.23. The Morgan fingerprint density at radius 3 is 2.45 bits per heavy atom. The first-order valence-corrected chi connectivity index (χ1v) is 7.59. The van der Waals surface area contributed by atoms with E-state index < -0.39 is 11.5 Å². The van der Waals surface area contributed by atoms with Crippen LogP contribution in [-0.4, -0.2) is 29.6 Å². The molecule has 1 amide bonds. The minimum absolute atomic E-state index is 0.0458. The standard InChI is InChI=1S/C16H22ClNO4/c1-4-16(5-2,10-15(20)21)18-14(19)9-11-12(17)7-6-8-13(11)22-3/h6-8H,4-5,9-10H2,1-3H3,(H,18,19)(H,20,21). The number of ether oxygens (including phenoxy) is 1. The van der Waals surface area contributed by atoms with Crippen molar-refractivity contribution in [2.75, 3.05) is 7.11 Å². The molecule has 1 aromatic carbocycles. The molecule has 0 saturated heterocycles. The lowest BCUT2D eigenvalue weighted by atomic mass is 9.88. The van der Waals surface area contributed by atoms with Gasteiger partial charge in [-0.3, -0.25) is 9.59 Å². The predicted molar refractivity (Wildman–Crippen MR) is 85.4 cm³/mol. The highest BCUT2D eigenvalue weighted by Gasteiger charge is 2.31. The van der Waals surface area contributed by atoms with E-state index in [0.717, 1.165) is 0 Å². The summed E-state index contributed by atoms with van der Waals surface area (Å²) in [5.74, 6) is -0.657. The van der Waals surface area contributed by atoms with Crippen LogP contribution >= 0.6 is 11.6 Å². The number of halogens is 1. The maximum absolute atomic E-state index is 12.3. The summed E-state index contributed by atoms with van der Waals surface area (Å²) in [5, 5.41) is 12.4. The first kappa shape index (κ1) is 18.3. The molecule has 1 aromatic rings. The lowest BCUT2D eigenvalue weighted by Gasteiger charge is -2.31. The Bertz CT molecular complexity index is 541. The number of nitrogens with one attached hydrogen (secondary N) is 1.